The lowest BCUT2D eigenvalue weighted by molar-refractivity contribution is -0.0134. The van der Waals surface area contributed by atoms with Crippen molar-refractivity contribution in [2.24, 2.45) is 0 Å². The second-order valence-electron chi connectivity index (χ2n) is 7.31. The molecule has 122 valence electrons. The van der Waals surface area contributed by atoms with Gasteiger partial charge in [-0.2, -0.15) is 0 Å². The lowest BCUT2D eigenvalue weighted by Crippen LogP contribution is -2.60. The molecule has 2 atom stereocenters. The fraction of sp³-hybridized carbons (Fsp3) is 0.684. The van der Waals surface area contributed by atoms with Gasteiger partial charge in [-0.1, -0.05) is 36.8 Å². The van der Waals surface area contributed by atoms with Gasteiger partial charge in [-0.25, -0.2) is 0 Å². The molecule has 22 heavy (non-hydrogen) atoms. The van der Waals surface area contributed by atoms with E-state index in [2.05, 4.69) is 59.1 Å². The van der Waals surface area contributed by atoms with E-state index >= 15 is 0 Å². The number of hydrogen-bond acceptors (Lipinski definition) is 3. The Kier molecular flexibility index (Phi) is 5.51. The maximum absolute atomic E-state index is 2.83. The minimum Gasteiger partial charge on any atom is -0.309 e. The second-order valence-corrected chi connectivity index (χ2v) is 7.31. The van der Waals surface area contributed by atoms with E-state index in [1.807, 2.05) is 0 Å². The third kappa shape index (κ3) is 4.09. The molecule has 2 unspecified atom stereocenters. The lowest BCUT2D eigenvalue weighted by atomic mass is 9.90. The molecule has 2 fully saturated rings. The summed E-state index contributed by atoms with van der Waals surface area (Å²) in [7, 11) is 4.36. The molecule has 0 amide bonds. The largest absolute Gasteiger partial charge is 0.309 e. The van der Waals surface area contributed by atoms with Crippen molar-refractivity contribution >= 4 is 0 Å². The van der Waals surface area contributed by atoms with Crippen molar-refractivity contribution in [3.63, 3.8) is 0 Å². The third-order valence-corrected chi connectivity index (χ3v) is 5.22. The topological polar surface area (TPSA) is 9.72 Å². The summed E-state index contributed by atoms with van der Waals surface area (Å²) in [6.45, 7) is 6.14. The molecule has 0 aliphatic carbocycles. The quantitative estimate of drug-likeness (QED) is 0.800. The number of hydrogen-bond donors (Lipinski definition) is 0. The summed E-state index contributed by atoms with van der Waals surface area (Å²) in [6, 6.07) is 12.5. The van der Waals surface area contributed by atoms with Gasteiger partial charge in [0, 0.05) is 38.3 Å². The highest BCUT2D eigenvalue weighted by Crippen LogP contribution is 2.29. The Labute approximate surface area is 135 Å². The smallest absolute Gasteiger partial charge is 0.0235 e. The summed E-state index contributed by atoms with van der Waals surface area (Å²) in [6.07, 6.45) is 5.52. The van der Waals surface area contributed by atoms with Gasteiger partial charge >= 0.3 is 0 Å². The molecule has 0 aromatic heterocycles. The third-order valence-electron chi connectivity index (χ3n) is 5.22. The molecule has 1 aromatic carbocycles. The Morgan fingerprint density at radius 1 is 1.05 bits per heavy atom. The van der Waals surface area contributed by atoms with Crippen molar-refractivity contribution in [3.8, 4) is 0 Å². The molecule has 0 N–H and O–H groups in total. The van der Waals surface area contributed by atoms with Crippen LogP contribution < -0.4 is 0 Å². The van der Waals surface area contributed by atoms with Gasteiger partial charge in [-0.3, -0.25) is 9.80 Å². The van der Waals surface area contributed by atoms with Crippen LogP contribution in [-0.2, 0) is 6.54 Å². The van der Waals surface area contributed by atoms with Gasteiger partial charge in [0.05, 0.1) is 0 Å². The molecule has 0 spiro atoms. The average molecular weight is 301 g/mol. The van der Waals surface area contributed by atoms with E-state index < -0.39 is 0 Å². The van der Waals surface area contributed by atoms with E-state index in [0.29, 0.717) is 0 Å². The number of fused-ring (bicyclic) bond motifs is 2. The number of benzene rings is 1. The molecule has 2 saturated heterocycles. The van der Waals surface area contributed by atoms with Gasteiger partial charge in [0.15, 0.2) is 0 Å². The molecule has 3 rings (SSSR count). The number of rotatable bonds is 6. The number of nitrogens with zero attached hydrogens (tertiary/aromatic N) is 3. The summed E-state index contributed by atoms with van der Waals surface area (Å²) < 4.78 is 0. The molecular formula is C19H31N3. The van der Waals surface area contributed by atoms with Crippen LogP contribution >= 0.6 is 0 Å². The van der Waals surface area contributed by atoms with E-state index in [1.54, 1.807) is 0 Å². The normalized spacial score (nSPS) is 26.5. The summed E-state index contributed by atoms with van der Waals surface area (Å²) in [5.74, 6) is 0. The van der Waals surface area contributed by atoms with E-state index in [1.165, 1.54) is 57.4 Å². The molecule has 2 aliphatic heterocycles. The summed E-state index contributed by atoms with van der Waals surface area (Å²) >= 11 is 0. The van der Waals surface area contributed by atoms with Gasteiger partial charge in [-0.05, 0) is 45.5 Å². The molecular weight excluding hydrogens is 270 g/mol. The summed E-state index contributed by atoms with van der Waals surface area (Å²) in [4.78, 5) is 7.82. The van der Waals surface area contributed by atoms with Gasteiger partial charge in [-0.15, -0.1) is 0 Å². The van der Waals surface area contributed by atoms with Gasteiger partial charge < -0.3 is 4.90 Å². The van der Waals surface area contributed by atoms with E-state index in [9.17, 15) is 0 Å². The second kappa shape index (κ2) is 7.58. The van der Waals surface area contributed by atoms with Crippen LogP contribution in [0.25, 0.3) is 0 Å². The van der Waals surface area contributed by atoms with Crippen molar-refractivity contribution in [2.75, 3.05) is 40.3 Å². The Morgan fingerprint density at radius 3 is 2.36 bits per heavy atom. The first kappa shape index (κ1) is 16.0. The fourth-order valence-electron chi connectivity index (χ4n) is 4.19. The monoisotopic (exact) mass is 301 g/mol. The van der Waals surface area contributed by atoms with Crippen LogP contribution in [0.2, 0.25) is 0 Å². The Morgan fingerprint density at radius 2 is 1.73 bits per heavy atom. The highest BCUT2D eigenvalue weighted by atomic mass is 15.3. The molecule has 2 aliphatic rings. The van der Waals surface area contributed by atoms with Crippen LogP contribution in [0.1, 0.15) is 31.2 Å². The highest BCUT2D eigenvalue weighted by molar-refractivity contribution is 5.14. The minimum absolute atomic E-state index is 0.790. The average Bonchev–Trinajstić information content (AvgIpc) is 2.48. The van der Waals surface area contributed by atoms with Crippen LogP contribution in [-0.4, -0.2) is 67.1 Å². The standard InChI is InChI=1S/C19H31N3/c1-20(2)12-7-13-22-18-10-6-11-19(22)16-21(15-18)14-17-8-4-3-5-9-17/h3-5,8-9,18-19H,6-7,10-16H2,1-2H3. The van der Waals surface area contributed by atoms with Crippen molar-refractivity contribution in [1.82, 2.24) is 14.7 Å². The molecule has 0 radical (unpaired) electrons. The fourth-order valence-corrected chi connectivity index (χ4v) is 4.19. The zero-order valence-corrected chi connectivity index (χ0v) is 14.2. The Hall–Kier alpha value is -0.900. The minimum atomic E-state index is 0.790. The highest BCUT2D eigenvalue weighted by Gasteiger charge is 2.36. The Bertz CT molecular complexity index is 431. The molecule has 3 heteroatoms. The molecule has 3 nitrogen and oxygen atoms in total. The van der Waals surface area contributed by atoms with Crippen LogP contribution in [0.3, 0.4) is 0 Å². The first-order chi connectivity index (χ1) is 10.7. The lowest BCUT2D eigenvalue weighted by Gasteiger charge is -2.50. The maximum Gasteiger partial charge on any atom is 0.0235 e. The molecule has 0 saturated carbocycles. The van der Waals surface area contributed by atoms with Crippen molar-refractivity contribution in [2.45, 2.75) is 44.3 Å². The zero-order chi connectivity index (χ0) is 15.4. The number of piperidine rings is 1. The first-order valence-corrected chi connectivity index (χ1v) is 8.89. The van der Waals surface area contributed by atoms with Crippen molar-refractivity contribution < 1.29 is 0 Å². The van der Waals surface area contributed by atoms with Crippen molar-refractivity contribution in [1.29, 1.82) is 0 Å². The predicted molar refractivity (Wildman–Crippen MR) is 93.0 cm³/mol. The zero-order valence-electron chi connectivity index (χ0n) is 14.2. The van der Waals surface area contributed by atoms with E-state index in [-0.39, 0.29) is 0 Å². The summed E-state index contributed by atoms with van der Waals surface area (Å²) in [5, 5.41) is 0. The first-order valence-electron chi connectivity index (χ1n) is 8.89. The van der Waals surface area contributed by atoms with E-state index in [4.69, 9.17) is 0 Å². The molecule has 1 aromatic rings. The summed E-state index contributed by atoms with van der Waals surface area (Å²) in [5.41, 5.74) is 1.46. The molecule has 2 heterocycles. The van der Waals surface area contributed by atoms with Crippen molar-refractivity contribution in [3.05, 3.63) is 35.9 Å². The Balaban J connectivity index is 1.56. The molecule has 2 bridgehead atoms. The van der Waals surface area contributed by atoms with Gasteiger partial charge in [0.2, 0.25) is 0 Å². The van der Waals surface area contributed by atoms with Crippen LogP contribution in [0, 0.1) is 0 Å². The van der Waals surface area contributed by atoms with E-state index in [0.717, 1.165) is 18.6 Å². The predicted octanol–water partition coefficient (Wildman–Crippen LogP) is 2.68. The van der Waals surface area contributed by atoms with Gasteiger partial charge in [0.25, 0.3) is 0 Å². The number of piperazine rings is 1. The van der Waals surface area contributed by atoms with Crippen LogP contribution in [0.4, 0.5) is 0 Å². The number of likely N-dealkylation sites (tertiary alicyclic amines) is 1. The maximum atomic E-state index is 2.83. The van der Waals surface area contributed by atoms with Crippen LogP contribution in [0.15, 0.2) is 30.3 Å². The SMILES string of the molecule is CN(C)CCCN1C2CCCC1CN(Cc1ccccc1)C2. The van der Waals surface area contributed by atoms with Crippen LogP contribution in [0.5, 0.6) is 0 Å². The van der Waals surface area contributed by atoms with Gasteiger partial charge in [0.1, 0.15) is 0 Å².